The number of aromatic nitrogens is 1. The molecule has 8 nitrogen and oxygen atoms in total. The molecular weight excluding hydrogens is 448 g/mol. The molecule has 182 valence electrons. The van der Waals surface area contributed by atoms with E-state index in [0.717, 1.165) is 6.42 Å². The zero-order valence-electron chi connectivity index (χ0n) is 20.1. The number of anilines is 1. The van der Waals surface area contributed by atoms with E-state index in [1.807, 2.05) is 0 Å². The van der Waals surface area contributed by atoms with Gasteiger partial charge in [0.25, 0.3) is 5.78 Å². The first-order chi connectivity index (χ1) is 16.8. The number of amides is 1. The Morgan fingerprint density at radius 1 is 1.11 bits per heavy atom. The summed E-state index contributed by atoms with van der Waals surface area (Å²) >= 11 is 0. The molecule has 35 heavy (non-hydrogen) atoms. The average Bonchev–Trinajstić information content (AvgIpc) is 3.39. The molecule has 0 bridgehead atoms. The van der Waals surface area contributed by atoms with Crippen LogP contribution >= 0.6 is 0 Å². The normalized spacial score (nSPS) is 17.3. The molecule has 1 aromatic heterocycles. The highest BCUT2D eigenvalue weighted by Gasteiger charge is 2.48. The van der Waals surface area contributed by atoms with Crippen molar-refractivity contribution >= 4 is 23.3 Å². The highest BCUT2D eigenvalue weighted by molar-refractivity contribution is 6.51. The number of aryl methyl sites for hydroxylation is 1. The van der Waals surface area contributed by atoms with Gasteiger partial charge in [-0.25, -0.2) is 0 Å². The summed E-state index contributed by atoms with van der Waals surface area (Å²) in [7, 11) is 1.52. The third kappa shape index (κ3) is 4.77. The Labute approximate surface area is 203 Å². The number of hydrogen-bond donors (Lipinski definition) is 1. The standard InChI is InChI=1S/C27H28N2O6/c1-16(2)12-13-34-20-11-10-19(15-21(20)33-4)24-23(25(30)18-8-6-5-7-9-18)26(31)27(32)29(24)22-14-17(3)35-28-22/h5-11,14-16,24,30H,12-13H2,1-4H3/b25-23-. The van der Waals surface area contributed by atoms with Gasteiger partial charge in [-0.2, -0.15) is 0 Å². The summed E-state index contributed by atoms with van der Waals surface area (Å²) in [4.78, 5) is 27.6. The molecule has 3 aromatic rings. The van der Waals surface area contributed by atoms with Crippen molar-refractivity contribution in [2.45, 2.75) is 33.2 Å². The Kier molecular flexibility index (Phi) is 6.91. The maximum atomic E-state index is 13.2. The highest BCUT2D eigenvalue weighted by atomic mass is 16.5. The number of nitrogens with zero attached hydrogens (tertiary/aromatic N) is 2. The van der Waals surface area contributed by atoms with E-state index in [9.17, 15) is 14.7 Å². The molecule has 0 saturated carbocycles. The van der Waals surface area contributed by atoms with Crippen LogP contribution in [0.3, 0.4) is 0 Å². The van der Waals surface area contributed by atoms with Crippen molar-refractivity contribution < 1.29 is 28.7 Å². The molecule has 2 aromatic carbocycles. The average molecular weight is 477 g/mol. The van der Waals surface area contributed by atoms with Crippen molar-refractivity contribution in [3.63, 3.8) is 0 Å². The summed E-state index contributed by atoms with van der Waals surface area (Å²) in [5, 5.41) is 15.1. The number of carbonyl (C=O) groups is 2. The van der Waals surface area contributed by atoms with Crippen LogP contribution in [0.25, 0.3) is 5.76 Å². The molecule has 8 heteroatoms. The van der Waals surface area contributed by atoms with E-state index in [-0.39, 0.29) is 17.2 Å². The Balaban J connectivity index is 1.84. The van der Waals surface area contributed by atoms with Crippen LogP contribution in [0, 0.1) is 12.8 Å². The van der Waals surface area contributed by atoms with Gasteiger partial charge in [0.05, 0.1) is 25.3 Å². The number of ether oxygens (including phenoxy) is 2. The second kappa shape index (κ2) is 10.0. The summed E-state index contributed by atoms with van der Waals surface area (Å²) in [5.41, 5.74) is 0.931. The van der Waals surface area contributed by atoms with Gasteiger partial charge in [-0.1, -0.05) is 55.4 Å². The van der Waals surface area contributed by atoms with Gasteiger partial charge in [-0.3, -0.25) is 14.5 Å². The van der Waals surface area contributed by atoms with Crippen molar-refractivity contribution in [3.8, 4) is 11.5 Å². The molecule has 1 N–H and O–H groups in total. The summed E-state index contributed by atoms with van der Waals surface area (Å²) in [6.07, 6.45) is 0.883. The van der Waals surface area contributed by atoms with E-state index in [1.165, 1.54) is 12.0 Å². The first-order valence-corrected chi connectivity index (χ1v) is 11.4. The largest absolute Gasteiger partial charge is 0.507 e. The minimum absolute atomic E-state index is 0.0441. The number of methoxy groups -OCH3 is 1. The van der Waals surface area contributed by atoms with E-state index in [0.29, 0.717) is 40.9 Å². The lowest BCUT2D eigenvalue weighted by atomic mass is 9.95. The Morgan fingerprint density at radius 3 is 2.49 bits per heavy atom. The van der Waals surface area contributed by atoms with Gasteiger partial charge in [0.2, 0.25) is 0 Å². The minimum Gasteiger partial charge on any atom is -0.507 e. The van der Waals surface area contributed by atoms with Gasteiger partial charge in [0, 0.05) is 11.6 Å². The van der Waals surface area contributed by atoms with Crippen molar-refractivity contribution in [2.75, 3.05) is 18.6 Å². The number of aliphatic hydroxyl groups excluding tert-OH is 1. The van der Waals surface area contributed by atoms with Crippen LogP contribution in [0.15, 0.2) is 64.7 Å². The number of carbonyl (C=O) groups excluding carboxylic acids is 2. The SMILES string of the molecule is COc1cc(C2/C(=C(/O)c3ccccc3)C(=O)C(=O)N2c2cc(C)on2)ccc1OCCC(C)C. The van der Waals surface area contributed by atoms with E-state index in [1.54, 1.807) is 61.5 Å². The molecule has 1 atom stereocenters. The Morgan fingerprint density at radius 2 is 1.86 bits per heavy atom. The van der Waals surface area contributed by atoms with Crippen LogP contribution in [0.5, 0.6) is 11.5 Å². The van der Waals surface area contributed by atoms with Crippen LogP contribution in [0.2, 0.25) is 0 Å². The number of aliphatic hydroxyl groups is 1. The van der Waals surface area contributed by atoms with E-state index >= 15 is 0 Å². The molecule has 1 saturated heterocycles. The fraction of sp³-hybridized carbons (Fsp3) is 0.296. The van der Waals surface area contributed by atoms with Gasteiger partial charge in [0.1, 0.15) is 11.5 Å². The van der Waals surface area contributed by atoms with E-state index < -0.39 is 17.7 Å². The maximum absolute atomic E-state index is 13.2. The zero-order chi connectivity index (χ0) is 25.1. The summed E-state index contributed by atoms with van der Waals surface area (Å²) in [5.74, 6) is 0.261. The number of Topliss-reactive ketones (excluding diaryl/α,β-unsaturated/α-hetero) is 1. The lowest BCUT2D eigenvalue weighted by Gasteiger charge is -2.24. The summed E-state index contributed by atoms with van der Waals surface area (Å²) in [6, 6.07) is 14.5. The third-order valence-electron chi connectivity index (χ3n) is 5.81. The Bertz CT molecular complexity index is 1260. The number of benzene rings is 2. The van der Waals surface area contributed by atoms with Gasteiger partial charge in [-0.15, -0.1) is 0 Å². The topological polar surface area (TPSA) is 102 Å². The molecule has 0 spiro atoms. The highest BCUT2D eigenvalue weighted by Crippen LogP contribution is 2.44. The molecule has 4 rings (SSSR count). The third-order valence-corrected chi connectivity index (χ3v) is 5.81. The zero-order valence-corrected chi connectivity index (χ0v) is 20.1. The van der Waals surface area contributed by atoms with E-state index in [2.05, 4.69) is 19.0 Å². The van der Waals surface area contributed by atoms with Crippen LogP contribution in [0.1, 0.15) is 43.2 Å². The van der Waals surface area contributed by atoms with Crippen LogP contribution in [0.4, 0.5) is 5.82 Å². The van der Waals surface area contributed by atoms with Crippen molar-refractivity contribution in [3.05, 3.63) is 77.1 Å². The molecule has 0 aliphatic carbocycles. The predicted molar refractivity (Wildman–Crippen MR) is 130 cm³/mol. The van der Waals surface area contributed by atoms with Crippen LogP contribution in [-0.4, -0.2) is 35.7 Å². The smallest absolute Gasteiger partial charge is 0.301 e. The molecule has 1 fully saturated rings. The lowest BCUT2D eigenvalue weighted by molar-refractivity contribution is -0.132. The fourth-order valence-corrected chi connectivity index (χ4v) is 3.98. The van der Waals surface area contributed by atoms with E-state index in [4.69, 9.17) is 14.0 Å². The fourth-order valence-electron chi connectivity index (χ4n) is 3.98. The van der Waals surface area contributed by atoms with Gasteiger partial charge in [0.15, 0.2) is 17.3 Å². The first kappa shape index (κ1) is 24.1. The minimum atomic E-state index is -0.946. The molecule has 1 amide bonds. The van der Waals surface area contributed by atoms with Crippen molar-refractivity contribution in [1.29, 1.82) is 0 Å². The Hall–Kier alpha value is -4.07. The predicted octanol–water partition coefficient (Wildman–Crippen LogP) is 5.04. The monoisotopic (exact) mass is 476 g/mol. The molecular formula is C27H28N2O6. The quantitative estimate of drug-likeness (QED) is 0.276. The van der Waals surface area contributed by atoms with Gasteiger partial charge >= 0.3 is 5.91 Å². The summed E-state index contributed by atoms with van der Waals surface area (Å²) < 4.78 is 16.6. The molecule has 2 heterocycles. The lowest BCUT2D eigenvalue weighted by Crippen LogP contribution is -2.29. The van der Waals surface area contributed by atoms with Crippen LogP contribution in [-0.2, 0) is 9.59 Å². The molecule has 1 aliphatic rings. The van der Waals surface area contributed by atoms with Gasteiger partial charge < -0.3 is 19.1 Å². The van der Waals surface area contributed by atoms with Gasteiger partial charge in [-0.05, 0) is 37.0 Å². The summed E-state index contributed by atoms with van der Waals surface area (Å²) in [6.45, 7) is 6.45. The number of hydrogen-bond acceptors (Lipinski definition) is 7. The first-order valence-electron chi connectivity index (χ1n) is 11.4. The second-order valence-corrected chi connectivity index (χ2v) is 8.77. The second-order valence-electron chi connectivity index (χ2n) is 8.77. The molecule has 1 aliphatic heterocycles. The maximum Gasteiger partial charge on any atom is 0.301 e. The number of ketones is 1. The van der Waals surface area contributed by atoms with Crippen molar-refractivity contribution in [2.24, 2.45) is 5.92 Å². The van der Waals surface area contributed by atoms with Crippen LogP contribution < -0.4 is 14.4 Å². The molecule has 1 unspecified atom stereocenters. The van der Waals surface area contributed by atoms with Crippen molar-refractivity contribution in [1.82, 2.24) is 5.16 Å². The number of rotatable bonds is 8. The molecule has 0 radical (unpaired) electrons.